The summed E-state index contributed by atoms with van der Waals surface area (Å²) in [4.78, 5) is 27.0. The topological polar surface area (TPSA) is 72.9 Å². The number of carboxylic acid groups (broad SMARTS) is 1. The molecule has 0 radical (unpaired) electrons. The highest BCUT2D eigenvalue weighted by Gasteiger charge is 2.27. The number of carboxylic acids is 1. The third-order valence-electron chi connectivity index (χ3n) is 3.87. The summed E-state index contributed by atoms with van der Waals surface area (Å²) in [5.41, 5.74) is -0.386. The van der Waals surface area contributed by atoms with E-state index < -0.39 is 5.97 Å². The third kappa shape index (κ3) is 6.33. The number of urea groups is 1. The zero-order valence-electron chi connectivity index (χ0n) is 13.7. The molecule has 0 saturated carbocycles. The number of likely N-dealkylation sites (tertiary alicyclic amines) is 1. The van der Waals surface area contributed by atoms with Crippen LogP contribution in [0.15, 0.2) is 0 Å². The lowest BCUT2D eigenvalue weighted by atomic mass is 9.98. The van der Waals surface area contributed by atoms with E-state index in [9.17, 15) is 9.59 Å². The molecule has 1 rings (SSSR count). The van der Waals surface area contributed by atoms with Gasteiger partial charge in [0.2, 0.25) is 0 Å². The number of amides is 2. The molecule has 2 amide bonds. The Kier molecular flexibility index (Phi) is 6.45. The molecule has 0 bridgehead atoms. The molecule has 6 nitrogen and oxygen atoms in total. The van der Waals surface area contributed by atoms with Gasteiger partial charge in [0.05, 0.1) is 6.42 Å². The van der Waals surface area contributed by atoms with Gasteiger partial charge in [-0.1, -0.05) is 0 Å². The van der Waals surface area contributed by atoms with Crippen molar-refractivity contribution in [2.24, 2.45) is 5.92 Å². The molecule has 1 aliphatic rings. The first-order chi connectivity index (χ1) is 9.70. The Morgan fingerprint density at radius 3 is 2.57 bits per heavy atom. The summed E-state index contributed by atoms with van der Waals surface area (Å²) in [7, 11) is 2.10. The van der Waals surface area contributed by atoms with Crippen LogP contribution in [-0.2, 0) is 4.79 Å². The number of nitrogens with one attached hydrogen (secondary N) is 1. The minimum Gasteiger partial charge on any atom is -0.481 e. The number of carbonyl (C=O) groups is 2. The van der Waals surface area contributed by atoms with E-state index in [1.807, 2.05) is 20.8 Å². The lowest BCUT2D eigenvalue weighted by Crippen LogP contribution is -2.52. The van der Waals surface area contributed by atoms with Crippen LogP contribution in [0, 0.1) is 5.92 Å². The Labute approximate surface area is 127 Å². The fraction of sp³-hybridized carbons (Fsp3) is 0.867. The maximum Gasteiger partial charge on any atom is 0.317 e. The normalized spacial score (nSPS) is 20.1. The fourth-order valence-corrected chi connectivity index (χ4v) is 2.72. The molecule has 1 fully saturated rings. The van der Waals surface area contributed by atoms with Gasteiger partial charge in [0, 0.05) is 25.2 Å². The van der Waals surface area contributed by atoms with E-state index in [4.69, 9.17) is 5.11 Å². The Morgan fingerprint density at radius 1 is 1.38 bits per heavy atom. The zero-order valence-corrected chi connectivity index (χ0v) is 13.7. The molecule has 2 N–H and O–H groups in total. The SMILES string of the molecule is CN1CCCC(CNC(=O)N(CCC(=O)O)C(C)(C)C)C1. The maximum atomic E-state index is 12.3. The second-order valence-electron chi connectivity index (χ2n) is 6.92. The highest BCUT2D eigenvalue weighted by molar-refractivity contribution is 5.76. The van der Waals surface area contributed by atoms with Gasteiger partial charge in [-0.05, 0) is 53.1 Å². The molecule has 0 aliphatic carbocycles. The maximum absolute atomic E-state index is 12.3. The predicted molar refractivity (Wildman–Crippen MR) is 82.3 cm³/mol. The quantitative estimate of drug-likeness (QED) is 0.809. The number of nitrogens with zero attached hydrogens (tertiary/aromatic N) is 2. The highest BCUT2D eigenvalue weighted by atomic mass is 16.4. The molecule has 0 spiro atoms. The van der Waals surface area contributed by atoms with E-state index in [-0.39, 0.29) is 24.5 Å². The molecule has 0 aromatic heterocycles. The summed E-state index contributed by atoms with van der Waals surface area (Å²) in [6.07, 6.45) is 2.27. The van der Waals surface area contributed by atoms with Gasteiger partial charge in [0.25, 0.3) is 0 Å². The molecule has 1 saturated heterocycles. The molecule has 122 valence electrons. The summed E-state index contributed by atoms with van der Waals surface area (Å²) in [5.74, 6) is -0.403. The average Bonchev–Trinajstić information content (AvgIpc) is 2.34. The van der Waals surface area contributed by atoms with E-state index in [2.05, 4.69) is 17.3 Å². The number of piperidine rings is 1. The van der Waals surface area contributed by atoms with E-state index in [1.54, 1.807) is 4.90 Å². The van der Waals surface area contributed by atoms with Crippen LogP contribution in [-0.4, -0.2) is 65.7 Å². The summed E-state index contributed by atoms with van der Waals surface area (Å²) >= 11 is 0. The molecule has 0 aromatic carbocycles. The molecule has 0 aromatic rings. The Bertz CT molecular complexity index is 366. The number of aliphatic carboxylic acids is 1. The van der Waals surface area contributed by atoms with Crippen molar-refractivity contribution < 1.29 is 14.7 Å². The van der Waals surface area contributed by atoms with Crippen LogP contribution in [0.1, 0.15) is 40.0 Å². The van der Waals surface area contributed by atoms with Crippen LogP contribution in [0.3, 0.4) is 0 Å². The van der Waals surface area contributed by atoms with Gasteiger partial charge >= 0.3 is 12.0 Å². The summed E-state index contributed by atoms with van der Waals surface area (Å²) in [6, 6.07) is -0.169. The number of hydrogen-bond acceptors (Lipinski definition) is 3. The second-order valence-corrected chi connectivity index (χ2v) is 6.92. The molecule has 1 heterocycles. The Morgan fingerprint density at radius 2 is 2.05 bits per heavy atom. The van der Waals surface area contributed by atoms with Crippen LogP contribution >= 0.6 is 0 Å². The van der Waals surface area contributed by atoms with Gasteiger partial charge in [-0.3, -0.25) is 4.79 Å². The van der Waals surface area contributed by atoms with Gasteiger partial charge in [-0.15, -0.1) is 0 Å². The minimum atomic E-state index is -0.883. The van der Waals surface area contributed by atoms with E-state index in [0.29, 0.717) is 12.5 Å². The van der Waals surface area contributed by atoms with E-state index >= 15 is 0 Å². The molecule has 1 unspecified atom stereocenters. The van der Waals surface area contributed by atoms with Gasteiger partial charge in [0.1, 0.15) is 0 Å². The Balaban J connectivity index is 2.50. The molecule has 1 aliphatic heterocycles. The lowest BCUT2D eigenvalue weighted by molar-refractivity contribution is -0.137. The third-order valence-corrected chi connectivity index (χ3v) is 3.87. The predicted octanol–water partition coefficient (Wildman–Crippen LogP) is 1.61. The minimum absolute atomic E-state index is 0.0309. The van der Waals surface area contributed by atoms with Crippen molar-refractivity contribution in [3.8, 4) is 0 Å². The lowest BCUT2D eigenvalue weighted by Gasteiger charge is -2.36. The molecule has 21 heavy (non-hydrogen) atoms. The van der Waals surface area contributed by atoms with E-state index in [1.165, 1.54) is 6.42 Å². The average molecular weight is 299 g/mol. The van der Waals surface area contributed by atoms with Crippen molar-refractivity contribution in [1.29, 1.82) is 0 Å². The standard InChI is InChI=1S/C15H29N3O3/c1-15(2,3)18(9-7-13(19)20)14(21)16-10-12-6-5-8-17(4)11-12/h12H,5-11H2,1-4H3,(H,16,21)(H,19,20). The molecular formula is C15H29N3O3. The molecule has 6 heteroatoms. The summed E-state index contributed by atoms with van der Waals surface area (Å²) < 4.78 is 0. The Hall–Kier alpha value is -1.30. The van der Waals surface area contributed by atoms with Gasteiger partial charge in [-0.25, -0.2) is 4.79 Å². The van der Waals surface area contributed by atoms with Gasteiger partial charge in [-0.2, -0.15) is 0 Å². The van der Waals surface area contributed by atoms with Crippen LogP contribution in [0.4, 0.5) is 4.79 Å². The van der Waals surface area contributed by atoms with Crippen LogP contribution in [0.25, 0.3) is 0 Å². The van der Waals surface area contributed by atoms with Crippen LogP contribution in [0.5, 0.6) is 0 Å². The molecule has 1 atom stereocenters. The fourth-order valence-electron chi connectivity index (χ4n) is 2.72. The highest BCUT2D eigenvalue weighted by Crippen LogP contribution is 2.16. The van der Waals surface area contributed by atoms with Crippen LogP contribution < -0.4 is 5.32 Å². The number of carbonyl (C=O) groups excluding carboxylic acids is 1. The number of hydrogen-bond donors (Lipinski definition) is 2. The largest absolute Gasteiger partial charge is 0.481 e. The monoisotopic (exact) mass is 299 g/mol. The van der Waals surface area contributed by atoms with Gasteiger partial charge in [0.15, 0.2) is 0 Å². The van der Waals surface area contributed by atoms with Crippen molar-refractivity contribution in [3.05, 3.63) is 0 Å². The summed E-state index contributed by atoms with van der Waals surface area (Å²) in [6.45, 7) is 8.77. The van der Waals surface area contributed by atoms with Gasteiger partial charge < -0.3 is 20.2 Å². The van der Waals surface area contributed by atoms with Crippen molar-refractivity contribution >= 4 is 12.0 Å². The first kappa shape index (κ1) is 17.8. The van der Waals surface area contributed by atoms with Crippen molar-refractivity contribution in [3.63, 3.8) is 0 Å². The van der Waals surface area contributed by atoms with Crippen molar-refractivity contribution in [2.45, 2.75) is 45.6 Å². The van der Waals surface area contributed by atoms with Crippen LogP contribution in [0.2, 0.25) is 0 Å². The summed E-state index contributed by atoms with van der Waals surface area (Å²) in [5, 5.41) is 11.8. The number of rotatable bonds is 5. The first-order valence-corrected chi connectivity index (χ1v) is 7.66. The van der Waals surface area contributed by atoms with Crippen molar-refractivity contribution in [2.75, 3.05) is 33.2 Å². The van der Waals surface area contributed by atoms with E-state index in [0.717, 1.165) is 19.5 Å². The first-order valence-electron chi connectivity index (χ1n) is 7.66. The molecular weight excluding hydrogens is 270 g/mol. The zero-order chi connectivity index (χ0) is 16.0. The smallest absolute Gasteiger partial charge is 0.317 e. The van der Waals surface area contributed by atoms with Crippen molar-refractivity contribution in [1.82, 2.24) is 15.1 Å². The second kappa shape index (κ2) is 7.64.